The van der Waals surface area contributed by atoms with Gasteiger partial charge in [0.2, 0.25) is 0 Å². The van der Waals surface area contributed by atoms with E-state index in [1.54, 1.807) is 0 Å². The number of hydrogen-bond acceptors (Lipinski definition) is 4. The normalized spacial score (nSPS) is 24.4. The number of ether oxygens (including phenoxy) is 2. The third-order valence-electron chi connectivity index (χ3n) is 4.07. The van der Waals surface area contributed by atoms with Crippen LogP contribution < -0.4 is 16.0 Å². The largest absolute Gasteiger partial charge is 0.493 e. The van der Waals surface area contributed by atoms with Crippen molar-refractivity contribution in [3.8, 4) is 5.75 Å². The number of hydrogen-bond donors (Lipinski definition) is 2. The molecule has 0 spiro atoms. The molecule has 1 aromatic carbocycles. The molecule has 0 amide bonds. The fourth-order valence-electron chi connectivity index (χ4n) is 3.09. The molecule has 1 aromatic rings. The number of aryl methyl sites for hydroxylation is 1. The second kappa shape index (κ2) is 5.90. The van der Waals surface area contributed by atoms with Crippen molar-refractivity contribution >= 4 is 0 Å². The molecule has 3 N–H and O–H groups in total. The summed E-state index contributed by atoms with van der Waals surface area (Å²) in [5, 5.41) is 0. The quantitative estimate of drug-likeness (QED) is 0.647. The molecule has 2 unspecified atom stereocenters. The van der Waals surface area contributed by atoms with E-state index in [4.69, 9.17) is 15.3 Å². The van der Waals surface area contributed by atoms with Crippen LogP contribution in [0.4, 0.5) is 0 Å². The van der Waals surface area contributed by atoms with Gasteiger partial charge in [-0.25, -0.2) is 0 Å². The van der Waals surface area contributed by atoms with Crippen LogP contribution in [0, 0.1) is 0 Å². The Morgan fingerprint density at radius 2 is 2.16 bits per heavy atom. The highest BCUT2D eigenvalue weighted by Gasteiger charge is 2.29. The molecular formula is C15H22N2O2. The zero-order valence-electron chi connectivity index (χ0n) is 11.2. The predicted molar refractivity (Wildman–Crippen MR) is 73.9 cm³/mol. The molecule has 0 aromatic heterocycles. The lowest BCUT2D eigenvalue weighted by Gasteiger charge is -2.32. The molecule has 2 heterocycles. The van der Waals surface area contributed by atoms with E-state index in [1.165, 1.54) is 12.0 Å². The van der Waals surface area contributed by atoms with Gasteiger partial charge in [0.1, 0.15) is 5.75 Å². The van der Waals surface area contributed by atoms with Gasteiger partial charge >= 0.3 is 0 Å². The minimum atomic E-state index is 0.0216. The molecule has 19 heavy (non-hydrogen) atoms. The van der Waals surface area contributed by atoms with E-state index in [0.717, 1.165) is 50.2 Å². The number of benzene rings is 1. The Labute approximate surface area is 114 Å². The van der Waals surface area contributed by atoms with E-state index in [2.05, 4.69) is 23.6 Å². The minimum absolute atomic E-state index is 0.0216. The van der Waals surface area contributed by atoms with Gasteiger partial charge in [0.05, 0.1) is 18.8 Å². The summed E-state index contributed by atoms with van der Waals surface area (Å²) in [6.07, 6.45) is 5.74. The highest BCUT2D eigenvalue weighted by Crippen LogP contribution is 2.36. The number of fused-ring (bicyclic) bond motifs is 1. The lowest BCUT2D eigenvalue weighted by molar-refractivity contribution is -0.00885. The average Bonchev–Trinajstić information content (AvgIpc) is 2.49. The Hall–Kier alpha value is -1.10. The molecule has 0 radical (unpaired) electrons. The van der Waals surface area contributed by atoms with Gasteiger partial charge in [-0.15, -0.1) is 0 Å². The Morgan fingerprint density at radius 3 is 2.95 bits per heavy atom. The summed E-state index contributed by atoms with van der Waals surface area (Å²) in [6, 6.07) is 6.36. The molecule has 4 heteroatoms. The van der Waals surface area contributed by atoms with Gasteiger partial charge in [0.15, 0.2) is 0 Å². The molecule has 2 aliphatic heterocycles. The first kappa shape index (κ1) is 12.9. The zero-order chi connectivity index (χ0) is 13.1. The molecule has 2 aliphatic rings. The van der Waals surface area contributed by atoms with Crippen molar-refractivity contribution in [2.24, 2.45) is 5.84 Å². The van der Waals surface area contributed by atoms with Gasteiger partial charge in [0, 0.05) is 12.2 Å². The van der Waals surface area contributed by atoms with E-state index < -0.39 is 0 Å². The topological polar surface area (TPSA) is 56.5 Å². The third kappa shape index (κ3) is 2.61. The van der Waals surface area contributed by atoms with Crippen molar-refractivity contribution in [3.63, 3.8) is 0 Å². The van der Waals surface area contributed by atoms with Crippen molar-refractivity contribution < 1.29 is 9.47 Å². The Morgan fingerprint density at radius 1 is 1.21 bits per heavy atom. The maximum atomic E-state index is 5.88. The fraction of sp³-hybridized carbons (Fsp3) is 0.600. The highest BCUT2D eigenvalue weighted by atomic mass is 16.5. The molecule has 1 fully saturated rings. The molecule has 104 valence electrons. The van der Waals surface area contributed by atoms with E-state index in [-0.39, 0.29) is 12.1 Å². The first-order chi connectivity index (χ1) is 9.40. The molecule has 3 rings (SSSR count). The number of nitrogens with two attached hydrogens (primary N) is 1. The van der Waals surface area contributed by atoms with E-state index >= 15 is 0 Å². The second-order valence-corrected chi connectivity index (χ2v) is 5.34. The van der Waals surface area contributed by atoms with Crippen LogP contribution in [-0.2, 0) is 11.2 Å². The first-order valence-electron chi connectivity index (χ1n) is 7.22. The number of rotatable bonds is 3. The van der Waals surface area contributed by atoms with Gasteiger partial charge in [-0.05, 0) is 37.7 Å². The summed E-state index contributed by atoms with van der Waals surface area (Å²) >= 11 is 0. The van der Waals surface area contributed by atoms with Crippen LogP contribution in [0.25, 0.3) is 0 Å². The van der Waals surface area contributed by atoms with Crippen LogP contribution in [0.15, 0.2) is 18.2 Å². The summed E-state index contributed by atoms with van der Waals surface area (Å²) in [6.45, 7) is 1.63. The third-order valence-corrected chi connectivity index (χ3v) is 4.07. The Balaban J connectivity index is 1.90. The summed E-state index contributed by atoms with van der Waals surface area (Å²) in [5.41, 5.74) is 5.37. The molecule has 1 saturated heterocycles. The van der Waals surface area contributed by atoms with Gasteiger partial charge in [0.25, 0.3) is 0 Å². The maximum Gasteiger partial charge on any atom is 0.127 e. The van der Waals surface area contributed by atoms with Crippen molar-refractivity contribution in [3.05, 3.63) is 29.3 Å². The number of para-hydroxylation sites is 1. The smallest absolute Gasteiger partial charge is 0.127 e. The summed E-state index contributed by atoms with van der Waals surface area (Å²) in [7, 11) is 0. The van der Waals surface area contributed by atoms with Crippen LogP contribution >= 0.6 is 0 Å². The van der Waals surface area contributed by atoms with E-state index in [1.807, 2.05) is 0 Å². The van der Waals surface area contributed by atoms with Crippen molar-refractivity contribution in [2.45, 2.75) is 44.2 Å². The molecule has 4 nitrogen and oxygen atoms in total. The van der Waals surface area contributed by atoms with Crippen molar-refractivity contribution in [1.82, 2.24) is 5.43 Å². The van der Waals surface area contributed by atoms with Crippen LogP contribution in [0.2, 0.25) is 0 Å². The Bertz CT molecular complexity index is 430. The standard InChI is InChI=1S/C15H22N2O2/c16-17-14(13-8-1-2-9-18-13)12-7-3-5-11-6-4-10-19-15(11)12/h3,5,7,13-14,17H,1-2,4,6,8-10,16H2. The summed E-state index contributed by atoms with van der Waals surface area (Å²) in [5.74, 6) is 6.80. The summed E-state index contributed by atoms with van der Waals surface area (Å²) < 4.78 is 11.8. The van der Waals surface area contributed by atoms with Gasteiger partial charge in [-0.2, -0.15) is 0 Å². The Kier molecular flexibility index (Phi) is 4.01. The predicted octanol–water partition coefficient (Wildman–Crippen LogP) is 2.09. The molecular weight excluding hydrogens is 240 g/mol. The van der Waals surface area contributed by atoms with E-state index in [0.29, 0.717) is 0 Å². The SMILES string of the molecule is NNC(c1cccc2c1OCCC2)C1CCCCO1. The minimum Gasteiger partial charge on any atom is -0.493 e. The molecule has 0 bridgehead atoms. The van der Waals surface area contributed by atoms with Gasteiger partial charge in [-0.3, -0.25) is 11.3 Å². The second-order valence-electron chi connectivity index (χ2n) is 5.34. The van der Waals surface area contributed by atoms with Gasteiger partial charge in [-0.1, -0.05) is 18.2 Å². The monoisotopic (exact) mass is 262 g/mol. The van der Waals surface area contributed by atoms with Crippen LogP contribution in [-0.4, -0.2) is 19.3 Å². The zero-order valence-corrected chi connectivity index (χ0v) is 11.2. The maximum absolute atomic E-state index is 5.88. The van der Waals surface area contributed by atoms with Crippen molar-refractivity contribution in [1.29, 1.82) is 0 Å². The summed E-state index contributed by atoms with van der Waals surface area (Å²) in [4.78, 5) is 0. The van der Waals surface area contributed by atoms with Crippen LogP contribution in [0.5, 0.6) is 5.75 Å². The average molecular weight is 262 g/mol. The van der Waals surface area contributed by atoms with Gasteiger partial charge < -0.3 is 9.47 Å². The van der Waals surface area contributed by atoms with E-state index in [9.17, 15) is 0 Å². The lowest BCUT2D eigenvalue weighted by Crippen LogP contribution is -2.40. The van der Waals surface area contributed by atoms with Crippen molar-refractivity contribution in [2.75, 3.05) is 13.2 Å². The van der Waals surface area contributed by atoms with Crippen LogP contribution in [0.1, 0.15) is 42.9 Å². The van der Waals surface area contributed by atoms with Crippen LogP contribution in [0.3, 0.4) is 0 Å². The molecule has 2 atom stereocenters. The first-order valence-corrected chi connectivity index (χ1v) is 7.22. The highest BCUT2D eigenvalue weighted by molar-refractivity contribution is 5.45. The molecule has 0 aliphatic carbocycles. The number of nitrogens with one attached hydrogen (secondary N) is 1. The lowest BCUT2D eigenvalue weighted by atomic mass is 9.92. The number of hydrazine groups is 1. The fourth-order valence-corrected chi connectivity index (χ4v) is 3.09. The molecule has 0 saturated carbocycles.